The average molecular weight is 413 g/mol. The third kappa shape index (κ3) is 5.26. The van der Waals surface area contributed by atoms with E-state index in [4.69, 9.17) is 16.1 Å². The van der Waals surface area contributed by atoms with Crippen molar-refractivity contribution >= 4 is 23.2 Å². The highest BCUT2D eigenvalue weighted by Gasteiger charge is 2.18. The molecule has 0 aliphatic rings. The van der Waals surface area contributed by atoms with Crippen LogP contribution in [0.3, 0.4) is 0 Å². The Balaban J connectivity index is 1.69. The normalized spacial score (nSPS) is 10.5. The topological polar surface area (TPSA) is 102 Å². The molecule has 0 unspecified atom stereocenters. The van der Waals surface area contributed by atoms with Gasteiger partial charge in [0.25, 0.3) is 5.69 Å². The Kier molecular flexibility index (Phi) is 6.36. The summed E-state index contributed by atoms with van der Waals surface area (Å²) < 4.78 is 5.27. The lowest BCUT2D eigenvalue weighted by atomic mass is 10.1. The summed E-state index contributed by atoms with van der Waals surface area (Å²) >= 11 is 5.88. The molecule has 0 N–H and O–H groups in total. The molecule has 0 atom stereocenters. The Bertz CT molecular complexity index is 1020. The van der Waals surface area contributed by atoms with E-state index in [0.29, 0.717) is 23.0 Å². The zero-order valence-corrected chi connectivity index (χ0v) is 16.1. The molecule has 9 heteroatoms. The van der Waals surface area contributed by atoms with Gasteiger partial charge in [0.05, 0.1) is 11.3 Å². The second-order valence-corrected chi connectivity index (χ2v) is 6.62. The molecule has 29 heavy (non-hydrogen) atoms. The maximum Gasteiger partial charge on any atom is 0.269 e. The second kappa shape index (κ2) is 9.11. The van der Waals surface area contributed by atoms with Gasteiger partial charge in [-0.05, 0) is 29.8 Å². The monoisotopic (exact) mass is 412 g/mol. The maximum atomic E-state index is 12.7. The van der Waals surface area contributed by atoms with E-state index in [0.717, 1.165) is 5.56 Å². The second-order valence-electron chi connectivity index (χ2n) is 6.18. The van der Waals surface area contributed by atoms with E-state index in [2.05, 4.69) is 16.7 Å². The van der Waals surface area contributed by atoms with Crippen molar-refractivity contribution in [3.8, 4) is 11.4 Å². The molecule has 0 radical (unpaired) electrons. The average Bonchev–Trinajstić information content (AvgIpc) is 3.17. The molecule has 0 bridgehead atoms. The summed E-state index contributed by atoms with van der Waals surface area (Å²) in [7, 11) is 0. The minimum atomic E-state index is -0.483. The fraction of sp³-hybridized carbons (Fsp3) is 0.150. The first-order valence-corrected chi connectivity index (χ1v) is 9.04. The zero-order valence-electron chi connectivity index (χ0n) is 15.3. The van der Waals surface area contributed by atoms with Crippen LogP contribution in [-0.2, 0) is 17.8 Å². The Morgan fingerprint density at radius 1 is 1.21 bits per heavy atom. The standard InChI is InChI=1S/C20H17ClN4O4/c1-2-11-24(19(26)12-14-3-9-17(10-4-14)25(27)28)13-18-22-20(23-29-18)15-5-7-16(21)8-6-15/h2-10H,1,11-13H2. The SMILES string of the molecule is C=CCN(Cc1nc(-c2ccc(Cl)cc2)no1)C(=O)Cc1ccc([N+](=O)[O-])cc1. The molecular formula is C20H17ClN4O4. The molecule has 3 aromatic rings. The van der Waals surface area contributed by atoms with E-state index in [-0.39, 0.29) is 30.5 Å². The van der Waals surface area contributed by atoms with Crippen LogP contribution in [-0.4, -0.2) is 32.4 Å². The quantitative estimate of drug-likeness (QED) is 0.314. The fourth-order valence-corrected chi connectivity index (χ4v) is 2.76. The number of hydrogen-bond acceptors (Lipinski definition) is 6. The van der Waals surface area contributed by atoms with Gasteiger partial charge in [0.1, 0.15) is 6.54 Å². The van der Waals surface area contributed by atoms with Crippen molar-refractivity contribution in [2.75, 3.05) is 6.54 Å². The number of carbonyl (C=O) groups is 1. The number of aromatic nitrogens is 2. The molecule has 0 aliphatic heterocycles. The first kappa shape index (κ1) is 20.2. The third-order valence-electron chi connectivity index (χ3n) is 4.10. The summed E-state index contributed by atoms with van der Waals surface area (Å²) in [5, 5.41) is 15.3. The molecule has 1 amide bonds. The first-order chi connectivity index (χ1) is 14.0. The number of nitro benzene ring substituents is 1. The van der Waals surface area contributed by atoms with Gasteiger partial charge >= 0.3 is 0 Å². The molecule has 2 aromatic carbocycles. The van der Waals surface area contributed by atoms with Gasteiger partial charge in [-0.15, -0.1) is 6.58 Å². The van der Waals surface area contributed by atoms with Crippen LogP contribution in [0.1, 0.15) is 11.5 Å². The number of amides is 1. The van der Waals surface area contributed by atoms with Crippen molar-refractivity contribution in [1.29, 1.82) is 0 Å². The molecule has 0 aliphatic carbocycles. The minimum absolute atomic E-state index is 0.0234. The highest BCUT2D eigenvalue weighted by Crippen LogP contribution is 2.19. The largest absolute Gasteiger partial charge is 0.337 e. The van der Waals surface area contributed by atoms with Crippen molar-refractivity contribution < 1.29 is 14.2 Å². The lowest BCUT2D eigenvalue weighted by molar-refractivity contribution is -0.384. The number of benzene rings is 2. The molecule has 1 aromatic heterocycles. The van der Waals surface area contributed by atoms with Crippen LogP contribution in [0.5, 0.6) is 0 Å². The van der Waals surface area contributed by atoms with Gasteiger partial charge in [-0.2, -0.15) is 4.98 Å². The highest BCUT2D eigenvalue weighted by atomic mass is 35.5. The maximum absolute atomic E-state index is 12.7. The summed E-state index contributed by atoms with van der Waals surface area (Å²) in [5.41, 5.74) is 1.39. The van der Waals surface area contributed by atoms with Gasteiger partial charge in [0.15, 0.2) is 0 Å². The van der Waals surface area contributed by atoms with E-state index >= 15 is 0 Å². The highest BCUT2D eigenvalue weighted by molar-refractivity contribution is 6.30. The van der Waals surface area contributed by atoms with Gasteiger partial charge < -0.3 is 9.42 Å². The number of hydrogen-bond donors (Lipinski definition) is 0. The van der Waals surface area contributed by atoms with Gasteiger partial charge in [-0.25, -0.2) is 0 Å². The van der Waals surface area contributed by atoms with E-state index in [1.54, 1.807) is 42.5 Å². The summed E-state index contributed by atoms with van der Waals surface area (Å²) in [6.45, 7) is 4.10. The van der Waals surface area contributed by atoms with E-state index < -0.39 is 4.92 Å². The summed E-state index contributed by atoms with van der Waals surface area (Å²) in [4.78, 5) is 28.8. The van der Waals surface area contributed by atoms with Gasteiger partial charge in [-0.3, -0.25) is 14.9 Å². The number of carbonyl (C=O) groups excluding carboxylic acids is 1. The van der Waals surface area contributed by atoms with Crippen molar-refractivity contribution in [1.82, 2.24) is 15.0 Å². The summed E-state index contributed by atoms with van der Waals surface area (Å²) in [5.74, 6) is 0.497. The molecule has 0 saturated carbocycles. The molecule has 0 saturated heterocycles. The lowest BCUT2D eigenvalue weighted by Gasteiger charge is -2.19. The Labute approximate surface area is 171 Å². The number of nitrogens with zero attached hydrogens (tertiary/aromatic N) is 4. The van der Waals surface area contributed by atoms with Crippen LogP contribution in [0, 0.1) is 10.1 Å². The number of non-ortho nitro benzene ring substituents is 1. The van der Waals surface area contributed by atoms with Crippen LogP contribution in [0.25, 0.3) is 11.4 Å². The first-order valence-electron chi connectivity index (χ1n) is 8.67. The molecule has 0 fully saturated rings. The van der Waals surface area contributed by atoms with E-state index in [1.807, 2.05) is 0 Å². The number of halogens is 1. The fourth-order valence-electron chi connectivity index (χ4n) is 2.63. The van der Waals surface area contributed by atoms with Crippen molar-refractivity contribution in [2.45, 2.75) is 13.0 Å². The molecule has 3 rings (SSSR count). The van der Waals surface area contributed by atoms with Gasteiger partial charge in [0, 0.05) is 29.3 Å². The third-order valence-corrected chi connectivity index (χ3v) is 4.35. The van der Waals surface area contributed by atoms with Gasteiger partial charge in [-0.1, -0.05) is 35.0 Å². The smallest absolute Gasteiger partial charge is 0.269 e. The Morgan fingerprint density at radius 2 is 1.90 bits per heavy atom. The van der Waals surface area contributed by atoms with Crippen LogP contribution in [0.15, 0.2) is 65.7 Å². The molecular weight excluding hydrogens is 396 g/mol. The van der Waals surface area contributed by atoms with Crippen LogP contribution in [0.2, 0.25) is 5.02 Å². The summed E-state index contributed by atoms with van der Waals surface area (Å²) in [6.07, 6.45) is 1.69. The van der Waals surface area contributed by atoms with Gasteiger partial charge in [0.2, 0.25) is 17.6 Å². The molecule has 148 valence electrons. The predicted octanol–water partition coefficient (Wildman–Crippen LogP) is 4.06. The van der Waals surface area contributed by atoms with Crippen molar-refractivity contribution in [2.24, 2.45) is 0 Å². The molecule has 0 spiro atoms. The van der Waals surface area contributed by atoms with Crippen LogP contribution >= 0.6 is 11.6 Å². The number of nitro groups is 1. The Morgan fingerprint density at radius 3 is 2.52 bits per heavy atom. The Hall–Kier alpha value is -3.52. The zero-order chi connectivity index (χ0) is 20.8. The van der Waals surface area contributed by atoms with Crippen LogP contribution in [0.4, 0.5) is 5.69 Å². The minimum Gasteiger partial charge on any atom is -0.337 e. The van der Waals surface area contributed by atoms with Crippen LogP contribution < -0.4 is 0 Å². The van der Waals surface area contributed by atoms with E-state index in [1.165, 1.54) is 17.0 Å². The lowest BCUT2D eigenvalue weighted by Crippen LogP contribution is -2.32. The predicted molar refractivity (Wildman–Crippen MR) is 107 cm³/mol. The van der Waals surface area contributed by atoms with Crippen molar-refractivity contribution in [3.63, 3.8) is 0 Å². The van der Waals surface area contributed by atoms with Crippen molar-refractivity contribution in [3.05, 3.63) is 87.8 Å². The molecule has 1 heterocycles. The number of rotatable bonds is 8. The summed E-state index contributed by atoms with van der Waals surface area (Å²) in [6, 6.07) is 12.9. The molecule has 8 nitrogen and oxygen atoms in total. The van der Waals surface area contributed by atoms with E-state index in [9.17, 15) is 14.9 Å².